The molecule has 2 heterocycles. The van der Waals surface area contributed by atoms with E-state index in [1.165, 1.54) is 4.88 Å². The molecule has 0 amide bonds. The lowest BCUT2D eigenvalue weighted by Crippen LogP contribution is -2.20. The summed E-state index contributed by atoms with van der Waals surface area (Å²) in [6.07, 6.45) is 1.84. The molecule has 3 aromatic rings. The number of halogens is 1. The summed E-state index contributed by atoms with van der Waals surface area (Å²) < 4.78 is 3.11. The van der Waals surface area contributed by atoms with Crippen molar-refractivity contribution in [2.24, 2.45) is 0 Å². The van der Waals surface area contributed by atoms with Gasteiger partial charge in [-0.1, -0.05) is 18.2 Å². The van der Waals surface area contributed by atoms with E-state index in [9.17, 15) is 0 Å². The van der Waals surface area contributed by atoms with Crippen LogP contribution in [0, 0.1) is 0 Å². The molecule has 1 unspecified atom stereocenters. The molecule has 1 aromatic carbocycles. The topological polar surface area (TPSA) is 29.9 Å². The van der Waals surface area contributed by atoms with Crippen LogP contribution in [0.25, 0.3) is 5.69 Å². The standard InChI is InChI=1S/C15H14BrN3S/c1-17-14(15-12(16)8-10-20-15)13-7-9-18-19(13)11-5-3-2-4-6-11/h2-10,14,17H,1H3. The minimum Gasteiger partial charge on any atom is -0.307 e. The number of hydrogen-bond acceptors (Lipinski definition) is 3. The molecular weight excluding hydrogens is 334 g/mol. The number of hydrogen-bond donors (Lipinski definition) is 1. The molecule has 0 aliphatic heterocycles. The van der Waals surface area contributed by atoms with E-state index in [1.807, 2.05) is 36.1 Å². The molecule has 0 saturated carbocycles. The van der Waals surface area contributed by atoms with Crippen LogP contribution in [0.15, 0.2) is 58.5 Å². The molecule has 0 saturated heterocycles. The molecule has 5 heteroatoms. The van der Waals surface area contributed by atoms with Gasteiger partial charge in [0.25, 0.3) is 0 Å². The van der Waals surface area contributed by atoms with Crippen molar-refractivity contribution < 1.29 is 0 Å². The Morgan fingerprint density at radius 1 is 1.20 bits per heavy atom. The molecule has 3 rings (SSSR count). The van der Waals surface area contributed by atoms with Gasteiger partial charge in [0.1, 0.15) is 0 Å². The van der Waals surface area contributed by atoms with Crippen molar-refractivity contribution in [3.05, 3.63) is 69.1 Å². The fourth-order valence-electron chi connectivity index (χ4n) is 2.24. The van der Waals surface area contributed by atoms with Gasteiger partial charge in [-0.2, -0.15) is 5.10 Å². The van der Waals surface area contributed by atoms with E-state index in [-0.39, 0.29) is 6.04 Å². The summed E-state index contributed by atoms with van der Waals surface area (Å²) in [7, 11) is 1.97. The molecule has 2 aromatic heterocycles. The molecule has 0 fully saturated rings. The molecule has 0 spiro atoms. The third-order valence-electron chi connectivity index (χ3n) is 3.16. The zero-order valence-corrected chi connectivity index (χ0v) is 13.4. The summed E-state index contributed by atoms with van der Waals surface area (Å²) in [5.74, 6) is 0. The maximum absolute atomic E-state index is 4.46. The van der Waals surface area contributed by atoms with Crippen LogP contribution in [-0.4, -0.2) is 16.8 Å². The Labute approximate surface area is 130 Å². The Morgan fingerprint density at radius 3 is 2.65 bits per heavy atom. The highest BCUT2D eigenvalue weighted by Crippen LogP contribution is 2.33. The van der Waals surface area contributed by atoms with Crippen molar-refractivity contribution in [3.63, 3.8) is 0 Å². The van der Waals surface area contributed by atoms with Crippen molar-refractivity contribution in [2.45, 2.75) is 6.04 Å². The third kappa shape index (κ3) is 2.44. The van der Waals surface area contributed by atoms with Crippen LogP contribution in [0.3, 0.4) is 0 Å². The fourth-order valence-corrected chi connectivity index (χ4v) is 3.96. The van der Waals surface area contributed by atoms with Gasteiger partial charge in [0, 0.05) is 15.5 Å². The van der Waals surface area contributed by atoms with Gasteiger partial charge in [0.05, 0.1) is 17.4 Å². The van der Waals surface area contributed by atoms with Gasteiger partial charge in [-0.25, -0.2) is 4.68 Å². The SMILES string of the molecule is CNC(c1sccc1Br)c1ccnn1-c1ccccc1. The summed E-state index contributed by atoms with van der Waals surface area (Å²) in [6, 6.07) is 14.4. The maximum Gasteiger partial charge on any atom is 0.0855 e. The first-order valence-electron chi connectivity index (χ1n) is 6.30. The van der Waals surface area contributed by atoms with Gasteiger partial charge in [-0.15, -0.1) is 11.3 Å². The van der Waals surface area contributed by atoms with Crippen LogP contribution in [0.2, 0.25) is 0 Å². The molecule has 20 heavy (non-hydrogen) atoms. The summed E-state index contributed by atoms with van der Waals surface area (Å²) in [5.41, 5.74) is 2.20. The van der Waals surface area contributed by atoms with Crippen LogP contribution in [0.4, 0.5) is 0 Å². The third-order valence-corrected chi connectivity index (χ3v) is 5.10. The number of aromatic nitrogens is 2. The fraction of sp³-hybridized carbons (Fsp3) is 0.133. The molecular formula is C15H14BrN3S. The molecule has 1 atom stereocenters. The number of para-hydroxylation sites is 1. The Morgan fingerprint density at radius 2 is 2.00 bits per heavy atom. The lowest BCUT2D eigenvalue weighted by molar-refractivity contribution is 0.645. The Bertz CT molecular complexity index is 690. The van der Waals surface area contributed by atoms with Gasteiger partial charge in [-0.05, 0) is 52.6 Å². The minimum absolute atomic E-state index is 0.118. The molecule has 0 radical (unpaired) electrons. The molecule has 3 nitrogen and oxygen atoms in total. The zero-order chi connectivity index (χ0) is 13.9. The monoisotopic (exact) mass is 347 g/mol. The second-order valence-corrected chi connectivity index (χ2v) is 6.16. The summed E-state index contributed by atoms with van der Waals surface area (Å²) in [5, 5.41) is 9.93. The van der Waals surface area contributed by atoms with Crippen LogP contribution in [-0.2, 0) is 0 Å². The van der Waals surface area contributed by atoms with E-state index in [0.717, 1.165) is 15.9 Å². The van der Waals surface area contributed by atoms with Gasteiger partial charge in [0.15, 0.2) is 0 Å². The number of benzene rings is 1. The van der Waals surface area contributed by atoms with Crippen LogP contribution in [0.1, 0.15) is 16.6 Å². The van der Waals surface area contributed by atoms with E-state index < -0.39 is 0 Å². The quantitative estimate of drug-likeness (QED) is 0.772. The normalized spacial score (nSPS) is 12.5. The molecule has 1 N–H and O–H groups in total. The number of thiophene rings is 1. The van der Waals surface area contributed by atoms with Gasteiger partial charge >= 0.3 is 0 Å². The van der Waals surface area contributed by atoms with Crippen LogP contribution < -0.4 is 5.32 Å². The molecule has 102 valence electrons. The van der Waals surface area contributed by atoms with E-state index in [4.69, 9.17) is 0 Å². The summed E-state index contributed by atoms with van der Waals surface area (Å²) >= 11 is 5.35. The Hall–Kier alpha value is -1.43. The van der Waals surface area contributed by atoms with E-state index in [0.29, 0.717) is 0 Å². The van der Waals surface area contributed by atoms with E-state index in [1.54, 1.807) is 11.3 Å². The predicted molar refractivity (Wildman–Crippen MR) is 86.5 cm³/mol. The Balaban J connectivity index is 2.07. The Kier molecular flexibility index (Phi) is 4.00. The summed E-state index contributed by atoms with van der Waals surface area (Å²) in [6.45, 7) is 0. The first kappa shape index (κ1) is 13.5. The van der Waals surface area contributed by atoms with E-state index in [2.05, 4.69) is 56.0 Å². The number of nitrogens with one attached hydrogen (secondary N) is 1. The average molecular weight is 348 g/mol. The van der Waals surface area contributed by atoms with Crippen molar-refractivity contribution in [1.29, 1.82) is 0 Å². The van der Waals surface area contributed by atoms with Crippen LogP contribution >= 0.6 is 27.3 Å². The predicted octanol–water partition coefficient (Wildman–Crippen LogP) is 4.01. The molecule has 0 bridgehead atoms. The smallest absolute Gasteiger partial charge is 0.0855 e. The number of rotatable bonds is 4. The molecule has 0 aliphatic rings. The van der Waals surface area contributed by atoms with Crippen molar-refractivity contribution in [3.8, 4) is 5.69 Å². The number of nitrogens with zero attached hydrogens (tertiary/aromatic N) is 2. The second kappa shape index (κ2) is 5.91. The average Bonchev–Trinajstić information content (AvgIpc) is 3.11. The lowest BCUT2D eigenvalue weighted by atomic mass is 10.1. The highest BCUT2D eigenvalue weighted by molar-refractivity contribution is 9.10. The summed E-state index contributed by atoms with van der Waals surface area (Å²) in [4.78, 5) is 1.25. The van der Waals surface area contributed by atoms with Crippen molar-refractivity contribution in [1.82, 2.24) is 15.1 Å². The second-order valence-electron chi connectivity index (χ2n) is 4.36. The van der Waals surface area contributed by atoms with Crippen molar-refractivity contribution in [2.75, 3.05) is 7.05 Å². The molecule has 0 aliphatic carbocycles. The van der Waals surface area contributed by atoms with Gasteiger partial charge in [0.2, 0.25) is 0 Å². The first-order valence-corrected chi connectivity index (χ1v) is 7.98. The minimum atomic E-state index is 0.118. The van der Waals surface area contributed by atoms with Gasteiger partial charge in [-0.3, -0.25) is 0 Å². The van der Waals surface area contributed by atoms with Crippen LogP contribution in [0.5, 0.6) is 0 Å². The van der Waals surface area contributed by atoms with Gasteiger partial charge < -0.3 is 5.32 Å². The zero-order valence-electron chi connectivity index (χ0n) is 11.0. The highest BCUT2D eigenvalue weighted by Gasteiger charge is 2.20. The largest absolute Gasteiger partial charge is 0.307 e. The van der Waals surface area contributed by atoms with Crippen molar-refractivity contribution >= 4 is 27.3 Å². The first-order chi connectivity index (χ1) is 9.81. The lowest BCUT2D eigenvalue weighted by Gasteiger charge is -2.17. The highest BCUT2D eigenvalue weighted by atomic mass is 79.9. The van der Waals surface area contributed by atoms with E-state index >= 15 is 0 Å². The maximum atomic E-state index is 4.46.